The summed E-state index contributed by atoms with van der Waals surface area (Å²) in [7, 11) is 4.75. The van der Waals surface area contributed by atoms with Crippen molar-refractivity contribution in [3.05, 3.63) is 17.8 Å². The summed E-state index contributed by atoms with van der Waals surface area (Å²) in [5.74, 6) is 0.180. The molecular weight excluding hydrogens is 272 g/mol. The molecule has 114 valence electrons. The smallest absolute Gasteiger partial charge is 0.310 e. The Morgan fingerprint density at radius 2 is 2.10 bits per heavy atom. The first-order valence-corrected chi connectivity index (χ1v) is 6.91. The summed E-state index contributed by atoms with van der Waals surface area (Å²) < 4.78 is 4.80. The van der Waals surface area contributed by atoms with Crippen LogP contribution in [0.5, 0.6) is 0 Å². The number of ether oxygens (including phenoxy) is 1. The van der Waals surface area contributed by atoms with Crippen molar-refractivity contribution in [1.82, 2.24) is 15.1 Å². The van der Waals surface area contributed by atoms with E-state index in [0.29, 0.717) is 18.1 Å². The van der Waals surface area contributed by atoms with Crippen LogP contribution < -0.4 is 4.90 Å². The average Bonchev–Trinajstić information content (AvgIpc) is 2.53. The fourth-order valence-electron chi connectivity index (χ4n) is 2.38. The molecule has 1 aliphatic rings. The number of aromatic nitrogens is 2. The molecule has 1 unspecified atom stereocenters. The van der Waals surface area contributed by atoms with Crippen molar-refractivity contribution in [2.75, 3.05) is 39.2 Å². The molecule has 1 aromatic rings. The summed E-state index contributed by atoms with van der Waals surface area (Å²) in [4.78, 5) is 26.8. The Balaban J connectivity index is 2.08. The molecule has 0 N–H and O–H groups in total. The lowest BCUT2D eigenvalue weighted by molar-refractivity contribution is -0.145. The van der Waals surface area contributed by atoms with E-state index in [1.54, 1.807) is 26.2 Å². The molecule has 0 spiro atoms. The lowest BCUT2D eigenvalue weighted by Gasteiger charge is -2.31. The summed E-state index contributed by atoms with van der Waals surface area (Å²) >= 11 is 0. The second-order valence-electron chi connectivity index (χ2n) is 5.28. The molecule has 7 nitrogen and oxygen atoms in total. The van der Waals surface area contributed by atoms with Gasteiger partial charge in [0.1, 0.15) is 0 Å². The van der Waals surface area contributed by atoms with Crippen LogP contribution in [0.4, 0.5) is 5.82 Å². The fraction of sp³-hybridized carbons (Fsp3) is 0.571. The molecule has 1 saturated heterocycles. The van der Waals surface area contributed by atoms with E-state index in [9.17, 15) is 9.59 Å². The zero-order chi connectivity index (χ0) is 15.4. The molecule has 0 radical (unpaired) electrons. The number of esters is 1. The van der Waals surface area contributed by atoms with Crippen LogP contribution in [0.15, 0.2) is 12.1 Å². The monoisotopic (exact) mass is 292 g/mol. The van der Waals surface area contributed by atoms with Crippen LogP contribution in [0.25, 0.3) is 0 Å². The van der Waals surface area contributed by atoms with Crippen molar-refractivity contribution in [2.24, 2.45) is 5.92 Å². The first-order valence-electron chi connectivity index (χ1n) is 6.91. The SMILES string of the molecule is COC(=O)C1CCCN(c2ccc(C(=O)N(C)C)nn2)C1. The number of carbonyl (C=O) groups is 2. The van der Waals surface area contributed by atoms with Gasteiger partial charge in [-0.05, 0) is 25.0 Å². The minimum atomic E-state index is -0.188. The summed E-state index contributed by atoms with van der Waals surface area (Å²) in [5.41, 5.74) is 0.310. The molecule has 1 fully saturated rings. The Hall–Kier alpha value is -2.18. The average molecular weight is 292 g/mol. The summed E-state index contributed by atoms with van der Waals surface area (Å²) in [6.45, 7) is 1.39. The third-order valence-electron chi connectivity index (χ3n) is 3.56. The van der Waals surface area contributed by atoms with E-state index >= 15 is 0 Å². The molecule has 0 saturated carbocycles. The molecule has 0 bridgehead atoms. The highest BCUT2D eigenvalue weighted by atomic mass is 16.5. The molecule has 0 aromatic carbocycles. The van der Waals surface area contributed by atoms with Gasteiger partial charge in [-0.15, -0.1) is 10.2 Å². The molecular formula is C14H20N4O3. The maximum absolute atomic E-state index is 11.8. The molecule has 7 heteroatoms. The predicted octanol–water partition coefficient (Wildman–Crippen LogP) is 0.568. The van der Waals surface area contributed by atoms with E-state index in [1.165, 1.54) is 12.0 Å². The third kappa shape index (κ3) is 3.48. The van der Waals surface area contributed by atoms with Crippen LogP contribution in [0, 0.1) is 5.92 Å². The summed E-state index contributed by atoms with van der Waals surface area (Å²) in [5, 5.41) is 8.07. The van der Waals surface area contributed by atoms with Gasteiger partial charge in [0.2, 0.25) is 0 Å². The van der Waals surface area contributed by atoms with E-state index < -0.39 is 0 Å². The molecule has 21 heavy (non-hydrogen) atoms. The second-order valence-corrected chi connectivity index (χ2v) is 5.28. The standard InChI is InChI=1S/C14H20N4O3/c1-17(2)13(19)11-6-7-12(16-15-11)18-8-4-5-10(9-18)14(20)21-3/h6-7,10H,4-5,8-9H2,1-3H3. The van der Waals surface area contributed by atoms with Gasteiger partial charge >= 0.3 is 5.97 Å². The van der Waals surface area contributed by atoms with Crippen molar-refractivity contribution in [3.8, 4) is 0 Å². The highest BCUT2D eigenvalue weighted by Crippen LogP contribution is 2.22. The second kappa shape index (κ2) is 6.51. The van der Waals surface area contributed by atoms with Gasteiger partial charge in [0.25, 0.3) is 5.91 Å². The number of hydrogen-bond acceptors (Lipinski definition) is 6. The molecule has 1 aromatic heterocycles. The Morgan fingerprint density at radius 1 is 1.33 bits per heavy atom. The van der Waals surface area contributed by atoms with E-state index in [2.05, 4.69) is 10.2 Å². The Morgan fingerprint density at radius 3 is 2.67 bits per heavy atom. The summed E-state index contributed by atoms with van der Waals surface area (Å²) in [6.07, 6.45) is 1.73. The van der Waals surface area contributed by atoms with Gasteiger partial charge in [0.15, 0.2) is 11.5 Å². The number of nitrogens with zero attached hydrogens (tertiary/aromatic N) is 4. The van der Waals surface area contributed by atoms with Crippen LogP contribution in [-0.4, -0.2) is 61.3 Å². The Bertz CT molecular complexity index is 515. The lowest BCUT2D eigenvalue weighted by Crippen LogP contribution is -2.39. The largest absolute Gasteiger partial charge is 0.469 e. The Kier molecular flexibility index (Phi) is 4.72. The minimum Gasteiger partial charge on any atom is -0.469 e. The molecule has 2 rings (SSSR count). The fourth-order valence-corrected chi connectivity index (χ4v) is 2.38. The van der Waals surface area contributed by atoms with Crippen LogP contribution >= 0.6 is 0 Å². The maximum Gasteiger partial charge on any atom is 0.310 e. The van der Waals surface area contributed by atoms with Crippen LogP contribution in [0.3, 0.4) is 0 Å². The van der Waals surface area contributed by atoms with Crippen molar-refractivity contribution >= 4 is 17.7 Å². The van der Waals surface area contributed by atoms with E-state index in [-0.39, 0.29) is 17.8 Å². The van der Waals surface area contributed by atoms with Crippen molar-refractivity contribution in [2.45, 2.75) is 12.8 Å². The number of methoxy groups -OCH3 is 1. The first-order chi connectivity index (χ1) is 10.0. The number of amides is 1. The molecule has 2 heterocycles. The summed E-state index contributed by atoms with van der Waals surface area (Å²) in [6, 6.07) is 3.43. The van der Waals surface area contributed by atoms with Crippen molar-refractivity contribution in [1.29, 1.82) is 0 Å². The highest BCUT2D eigenvalue weighted by molar-refractivity contribution is 5.91. The minimum absolute atomic E-state index is 0.131. The maximum atomic E-state index is 11.8. The number of rotatable bonds is 3. The van der Waals surface area contributed by atoms with Crippen LogP contribution in [0.1, 0.15) is 23.3 Å². The van der Waals surface area contributed by atoms with Gasteiger partial charge in [-0.3, -0.25) is 9.59 Å². The quantitative estimate of drug-likeness (QED) is 0.758. The normalized spacial score (nSPS) is 18.2. The van der Waals surface area contributed by atoms with Gasteiger partial charge in [-0.2, -0.15) is 0 Å². The number of carbonyl (C=O) groups excluding carboxylic acids is 2. The van der Waals surface area contributed by atoms with Crippen LogP contribution in [-0.2, 0) is 9.53 Å². The lowest BCUT2D eigenvalue weighted by atomic mass is 9.98. The van der Waals surface area contributed by atoms with Crippen molar-refractivity contribution in [3.63, 3.8) is 0 Å². The number of piperidine rings is 1. The molecule has 1 atom stereocenters. The number of hydrogen-bond donors (Lipinski definition) is 0. The van der Waals surface area contributed by atoms with E-state index in [1.807, 2.05) is 4.90 Å². The van der Waals surface area contributed by atoms with Gasteiger partial charge < -0.3 is 14.5 Å². The first kappa shape index (κ1) is 15.2. The van der Waals surface area contributed by atoms with Gasteiger partial charge in [0, 0.05) is 27.2 Å². The highest BCUT2D eigenvalue weighted by Gasteiger charge is 2.27. The Labute approximate surface area is 123 Å². The zero-order valence-electron chi connectivity index (χ0n) is 12.6. The topological polar surface area (TPSA) is 75.6 Å². The van der Waals surface area contributed by atoms with Crippen LogP contribution in [0.2, 0.25) is 0 Å². The zero-order valence-corrected chi connectivity index (χ0v) is 12.6. The number of anilines is 1. The van der Waals surface area contributed by atoms with Crippen molar-refractivity contribution < 1.29 is 14.3 Å². The van der Waals surface area contributed by atoms with Gasteiger partial charge in [-0.1, -0.05) is 0 Å². The molecule has 1 aliphatic heterocycles. The molecule has 1 amide bonds. The van der Waals surface area contributed by atoms with Gasteiger partial charge in [-0.25, -0.2) is 0 Å². The third-order valence-corrected chi connectivity index (χ3v) is 3.56. The molecule has 0 aliphatic carbocycles. The van der Waals surface area contributed by atoms with E-state index in [4.69, 9.17) is 4.74 Å². The van der Waals surface area contributed by atoms with E-state index in [0.717, 1.165) is 19.4 Å². The van der Waals surface area contributed by atoms with Gasteiger partial charge in [0.05, 0.1) is 13.0 Å². The predicted molar refractivity (Wildman–Crippen MR) is 77.0 cm³/mol.